The Balaban J connectivity index is 1.26. The van der Waals surface area contributed by atoms with E-state index in [1.165, 1.54) is 0 Å². The standard InChI is InChI=1S/C20H27ClN6O2/c1-22-20(27-8-6-17(14-27)26-9-11-28-12-10-26)23-7-5-18-24-19(25-29-18)15-3-2-4-16(21)13-15/h2-4,13,17H,5-12,14H2,1H3,(H,22,23). The molecule has 8 nitrogen and oxygen atoms in total. The van der Waals surface area contributed by atoms with E-state index in [4.69, 9.17) is 20.9 Å². The molecule has 2 fully saturated rings. The van der Waals surface area contributed by atoms with Crippen LogP contribution in [0.1, 0.15) is 12.3 Å². The molecule has 1 aromatic heterocycles. The van der Waals surface area contributed by atoms with Crippen LogP contribution in [0.15, 0.2) is 33.8 Å². The lowest BCUT2D eigenvalue weighted by molar-refractivity contribution is 0.0195. The second kappa shape index (κ2) is 9.56. The summed E-state index contributed by atoms with van der Waals surface area (Å²) in [5.74, 6) is 2.07. The van der Waals surface area contributed by atoms with Gasteiger partial charge in [-0.3, -0.25) is 9.89 Å². The molecule has 1 unspecified atom stereocenters. The molecule has 1 aromatic carbocycles. The average molecular weight is 419 g/mol. The molecule has 2 aliphatic rings. The number of hydrogen-bond donors (Lipinski definition) is 1. The number of hydrogen-bond acceptors (Lipinski definition) is 6. The van der Waals surface area contributed by atoms with Crippen LogP contribution in [-0.2, 0) is 11.2 Å². The molecule has 0 bridgehead atoms. The number of benzene rings is 1. The monoisotopic (exact) mass is 418 g/mol. The van der Waals surface area contributed by atoms with Crippen molar-refractivity contribution >= 4 is 17.6 Å². The predicted molar refractivity (Wildman–Crippen MR) is 112 cm³/mol. The van der Waals surface area contributed by atoms with Crippen LogP contribution >= 0.6 is 11.6 Å². The highest BCUT2D eigenvalue weighted by Gasteiger charge is 2.30. The fraction of sp³-hybridized carbons (Fsp3) is 0.550. The molecule has 2 aromatic rings. The molecule has 4 rings (SSSR count). The Morgan fingerprint density at radius 2 is 2.17 bits per heavy atom. The molecule has 0 saturated carbocycles. The maximum atomic E-state index is 6.03. The first-order valence-electron chi connectivity index (χ1n) is 10.1. The molecule has 2 aliphatic heterocycles. The van der Waals surface area contributed by atoms with Crippen LogP contribution in [0.2, 0.25) is 5.02 Å². The van der Waals surface area contributed by atoms with E-state index in [1.807, 2.05) is 31.3 Å². The second-order valence-electron chi connectivity index (χ2n) is 7.28. The highest BCUT2D eigenvalue weighted by Crippen LogP contribution is 2.20. The third kappa shape index (κ3) is 5.07. The Morgan fingerprint density at radius 1 is 1.31 bits per heavy atom. The zero-order chi connectivity index (χ0) is 20.1. The molecular formula is C20H27ClN6O2. The molecule has 9 heteroatoms. The first-order chi connectivity index (χ1) is 14.2. The largest absolute Gasteiger partial charge is 0.379 e. The number of rotatable bonds is 5. The van der Waals surface area contributed by atoms with Gasteiger partial charge in [-0.25, -0.2) is 0 Å². The number of guanidine groups is 1. The van der Waals surface area contributed by atoms with Crippen molar-refractivity contribution in [3.8, 4) is 11.4 Å². The minimum absolute atomic E-state index is 0.555. The number of aliphatic imine (C=N–C) groups is 1. The zero-order valence-electron chi connectivity index (χ0n) is 16.7. The molecule has 0 spiro atoms. The number of halogens is 1. The quantitative estimate of drug-likeness (QED) is 0.587. The summed E-state index contributed by atoms with van der Waals surface area (Å²) < 4.78 is 10.8. The maximum absolute atomic E-state index is 6.03. The summed E-state index contributed by atoms with van der Waals surface area (Å²) in [6.45, 7) is 6.42. The van der Waals surface area contributed by atoms with Crippen molar-refractivity contribution in [2.75, 3.05) is 53.0 Å². The predicted octanol–water partition coefficient (Wildman–Crippen LogP) is 1.91. The minimum Gasteiger partial charge on any atom is -0.379 e. The maximum Gasteiger partial charge on any atom is 0.228 e. The van der Waals surface area contributed by atoms with Crippen molar-refractivity contribution in [3.63, 3.8) is 0 Å². The molecule has 0 amide bonds. The smallest absolute Gasteiger partial charge is 0.228 e. The Labute approximate surface area is 175 Å². The van der Waals surface area contributed by atoms with Crippen LogP contribution in [0.3, 0.4) is 0 Å². The Hall–Kier alpha value is -2.16. The highest BCUT2D eigenvalue weighted by atomic mass is 35.5. The van der Waals surface area contributed by atoms with E-state index in [1.54, 1.807) is 0 Å². The number of nitrogens with zero attached hydrogens (tertiary/aromatic N) is 5. The number of morpholine rings is 1. The number of likely N-dealkylation sites (tertiary alicyclic amines) is 1. The molecule has 156 valence electrons. The van der Waals surface area contributed by atoms with Crippen LogP contribution in [0.5, 0.6) is 0 Å². The molecular weight excluding hydrogens is 392 g/mol. The van der Waals surface area contributed by atoms with Gasteiger partial charge < -0.3 is 19.5 Å². The van der Waals surface area contributed by atoms with Gasteiger partial charge in [-0.15, -0.1) is 0 Å². The molecule has 0 radical (unpaired) electrons. The molecule has 29 heavy (non-hydrogen) atoms. The van der Waals surface area contributed by atoms with Crippen molar-refractivity contribution in [2.24, 2.45) is 4.99 Å². The van der Waals surface area contributed by atoms with Crippen LogP contribution in [0, 0.1) is 0 Å². The van der Waals surface area contributed by atoms with E-state index >= 15 is 0 Å². The molecule has 3 heterocycles. The first-order valence-corrected chi connectivity index (χ1v) is 10.5. The van der Waals surface area contributed by atoms with Crippen LogP contribution < -0.4 is 5.32 Å². The number of aromatic nitrogens is 2. The minimum atomic E-state index is 0.555. The fourth-order valence-corrected chi connectivity index (χ4v) is 4.08. The first kappa shape index (κ1) is 20.1. The van der Waals surface area contributed by atoms with Gasteiger partial charge in [0.15, 0.2) is 5.96 Å². The van der Waals surface area contributed by atoms with Crippen molar-refractivity contribution in [1.82, 2.24) is 25.3 Å². The molecule has 1 N–H and O–H groups in total. The van der Waals surface area contributed by atoms with Crippen LogP contribution in [0.4, 0.5) is 0 Å². The average Bonchev–Trinajstić information content (AvgIpc) is 3.42. The lowest BCUT2D eigenvalue weighted by Crippen LogP contribution is -2.46. The van der Waals surface area contributed by atoms with Gasteiger partial charge in [-0.1, -0.05) is 28.9 Å². The molecule has 2 saturated heterocycles. The van der Waals surface area contributed by atoms with Crippen LogP contribution in [0.25, 0.3) is 11.4 Å². The summed E-state index contributed by atoms with van der Waals surface area (Å²) in [6, 6.07) is 8.02. The van der Waals surface area contributed by atoms with Crippen molar-refractivity contribution in [3.05, 3.63) is 35.2 Å². The van der Waals surface area contributed by atoms with E-state index in [2.05, 4.69) is 30.2 Å². The van der Waals surface area contributed by atoms with Gasteiger partial charge >= 0.3 is 0 Å². The lowest BCUT2D eigenvalue weighted by Gasteiger charge is -2.32. The number of nitrogens with one attached hydrogen (secondary N) is 1. The third-order valence-corrected chi connectivity index (χ3v) is 5.64. The van der Waals surface area contributed by atoms with Crippen LogP contribution in [-0.4, -0.2) is 84.9 Å². The SMILES string of the molecule is CN=C(NCCc1nc(-c2cccc(Cl)c2)no1)N1CCC(N2CCOCC2)C1. The topological polar surface area (TPSA) is 79.0 Å². The summed E-state index contributed by atoms with van der Waals surface area (Å²) in [4.78, 5) is 13.8. The number of ether oxygens (including phenoxy) is 1. The van der Waals surface area contributed by atoms with Crippen molar-refractivity contribution < 1.29 is 9.26 Å². The normalized spacial score (nSPS) is 21.0. The van der Waals surface area contributed by atoms with Gasteiger partial charge in [-0.05, 0) is 18.6 Å². The summed E-state index contributed by atoms with van der Waals surface area (Å²) >= 11 is 6.03. The van der Waals surface area contributed by atoms with Crippen molar-refractivity contribution in [1.29, 1.82) is 0 Å². The van der Waals surface area contributed by atoms with Crippen molar-refractivity contribution in [2.45, 2.75) is 18.9 Å². The lowest BCUT2D eigenvalue weighted by atomic mass is 10.2. The Morgan fingerprint density at radius 3 is 2.97 bits per heavy atom. The van der Waals surface area contributed by atoms with E-state index < -0.39 is 0 Å². The van der Waals surface area contributed by atoms with Gasteiger partial charge in [-0.2, -0.15) is 4.98 Å². The van der Waals surface area contributed by atoms with Gasteiger partial charge in [0, 0.05) is 62.8 Å². The summed E-state index contributed by atoms with van der Waals surface area (Å²) in [5, 5.41) is 8.13. The van der Waals surface area contributed by atoms with E-state index in [-0.39, 0.29) is 0 Å². The second-order valence-corrected chi connectivity index (χ2v) is 7.72. The molecule has 0 aliphatic carbocycles. The Kier molecular flexibility index (Phi) is 6.63. The van der Waals surface area contributed by atoms with Gasteiger partial charge in [0.2, 0.25) is 11.7 Å². The van der Waals surface area contributed by atoms with Gasteiger partial charge in [0.05, 0.1) is 13.2 Å². The molecule has 1 atom stereocenters. The van der Waals surface area contributed by atoms with E-state index in [9.17, 15) is 0 Å². The fourth-order valence-electron chi connectivity index (χ4n) is 3.89. The summed E-state index contributed by atoms with van der Waals surface area (Å²) in [5.41, 5.74) is 0.850. The summed E-state index contributed by atoms with van der Waals surface area (Å²) in [6.07, 6.45) is 1.79. The van der Waals surface area contributed by atoms with E-state index in [0.717, 1.165) is 57.3 Å². The van der Waals surface area contributed by atoms with Gasteiger partial charge in [0.25, 0.3) is 0 Å². The third-order valence-electron chi connectivity index (χ3n) is 5.41. The zero-order valence-corrected chi connectivity index (χ0v) is 17.4. The van der Waals surface area contributed by atoms with Gasteiger partial charge in [0.1, 0.15) is 0 Å². The Bertz CT molecular complexity index is 836. The van der Waals surface area contributed by atoms with E-state index in [0.29, 0.717) is 35.7 Å². The highest BCUT2D eigenvalue weighted by molar-refractivity contribution is 6.30. The summed E-state index contributed by atoms with van der Waals surface area (Å²) in [7, 11) is 1.83.